The Kier molecular flexibility index (Phi) is 8.81. The summed E-state index contributed by atoms with van der Waals surface area (Å²) in [5.41, 5.74) is -0.193. The molecule has 9 heteroatoms. The van der Waals surface area contributed by atoms with Gasteiger partial charge >= 0.3 is 11.9 Å². The van der Waals surface area contributed by atoms with Crippen molar-refractivity contribution in [2.24, 2.45) is 0 Å². The molecule has 0 aliphatic heterocycles. The van der Waals surface area contributed by atoms with Crippen molar-refractivity contribution in [3.05, 3.63) is 16.5 Å². The van der Waals surface area contributed by atoms with Crippen LogP contribution in [0.3, 0.4) is 0 Å². The zero-order chi connectivity index (χ0) is 23.5. The number of carbonyl (C=O) groups is 2. The summed E-state index contributed by atoms with van der Waals surface area (Å²) in [4.78, 5) is 25.9. The van der Waals surface area contributed by atoms with E-state index in [4.69, 9.17) is 26.1 Å². The fraction of sp³-hybridized carbons (Fsp3) is 0.667. The molecule has 1 rings (SSSR count). The van der Waals surface area contributed by atoms with E-state index < -0.39 is 26.0 Å². The van der Waals surface area contributed by atoms with Gasteiger partial charge in [0.2, 0.25) is 0 Å². The molecular weight excluding hydrogens is 438 g/mol. The molecule has 0 saturated carbocycles. The van der Waals surface area contributed by atoms with Gasteiger partial charge in [-0.3, -0.25) is 4.79 Å². The molecule has 0 amide bonds. The molecule has 6 nitrogen and oxygen atoms in total. The minimum absolute atomic E-state index is 0.00642. The van der Waals surface area contributed by atoms with Crippen molar-refractivity contribution in [2.75, 3.05) is 12.4 Å². The summed E-state index contributed by atoms with van der Waals surface area (Å²) in [5.74, 6) is -0.829. The van der Waals surface area contributed by atoms with Crippen molar-refractivity contribution >= 4 is 53.8 Å². The molecule has 170 valence electrons. The normalized spacial score (nSPS) is 13.5. The van der Waals surface area contributed by atoms with E-state index in [1.54, 1.807) is 6.07 Å². The number of thiophene rings is 1. The summed E-state index contributed by atoms with van der Waals surface area (Å²) in [6.45, 7) is 17.9. The summed E-state index contributed by atoms with van der Waals surface area (Å²) in [7, 11) is -0.897. The van der Waals surface area contributed by atoms with Gasteiger partial charge in [0.15, 0.2) is 8.32 Å². The molecule has 1 atom stereocenters. The third kappa shape index (κ3) is 7.75. The molecule has 0 aliphatic rings. The van der Waals surface area contributed by atoms with E-state index in [0.717, 1.165) is 4.88 Å². The number of anilines is 1. The first-order valence-corrected chi connectivity index (χ1v) is 14.0. The quantitative estimate of drug-likeness (QED) is 0.309. The van der Waals surface area contributed by atoms with Gasteiger partial charge in [-0.15, -0.1) is 11.3 Å². The first-order chi connectivity index (χ1) is 13.5. The highest BCUT2D eigenvalue weighted by Crippen LogP contribution is 2.38. The lowest BCUT2D eigenvalue weighted by atomic mass is 10.2. The number of aryl methyl sites for hydroxylation is 1. The van der Waals surface area contributed by atoms with Crippen molar-refractivity contribution in [1.82, 2.24) is 0 Å². The van der Waals surface area contributed by atoms with E-state index in [0.29, 0.717) is 15.6 Å². The van der Waals surface area contributed by atoms with Gasteiger partial charge in [0.1, 0.15) is 21.7 Å². The lowest BCUT2D eigenvalue weighted by molar-refractivity contribution is -0.156. The number of hydrogen-bond donors (Lipinski definition) is 1. The third-order valence-corrected chi connectivity index (χ3v) is 10.6. The predicted octanol–water partition coefficient (Wildman–Crippen LogP) is 5.70. The van der Waals surface area contributed by atoms with Crippen LogP contribution < -0.4 is 5.32 Å². The van der Waals surface area contributed by atoms with Gasteiger partial charge in [0, 0.05) is 4.88 Å². The Balaban J connectivity index is 3.16. The van der Waals surface area contributed by atoms with E-state index in [2.05, 4.69) is 39.2 Å². The number of hydrogen-bond acceptors (Lipinski definition) is 7. The second-order valence-corrected chi connectivity index (χ2v) is 16.2. The first kappa shape index (κ1) is 26.7. The van der Waals surface area contributed by atoms with Crippen LogP contribution in [-0.2, 0) is 18.7 Å². The molecule has 0 unspecified atom stereocenters. The Morgan fingerprint density at radius 1 is 1.20 bits per heavy atom. The standard InChI is InChI=1S/C21H35NO5S2Si/c1-13-11-14(19(24)25-8)18(29-13)22-17(28)15(12-16(23)26-20(2,3)4)27-30(9,10)21(5,6)7/h11,15H,12H2,1-10H3,(H,22,28)/t15-/m0/s1. The molecule has 1 aromatic heterocycles. The third-order valence-electron chi connectivity index (χ3n) is 4.80. The zero-order valence-corrected chi connectivity index (χ0v) is 22.4. The van der Waals surface area contributed by atoms with Crippen LogP contribution in [0.25, 0.3) is 0 Å². The van der Waals surface area contributed by atoms with Crippen molar-refractivity contribution in [3.8, 4) is 0 Å². The van der Waals surface area contributed by atoms with E-state index >= 15 is 0 Å². The number of esters is 2. The summed E-state index contributed by atoms with van der Waals surface area (Å²) >= 11 is 7.03. The molecule has 0 radical (unpaired) electrons. The Morgan fingerprint density at radius 3 is 2.23 bits per heavy atom. The van der Waals surface area contributed by atoms with Gasteiger partial charge in [-0.25, -0.2) is 4.79 Å². The van der Waals surface area contributed by atoms with Crippen molar-refractivity contribution in [3.63, 3.8) is 0 Å². The highest BCUT2D eigenvalue weighted by molar-refractivity contribution is 7.80. The molecule has 1 heterocycles. The lowest BCUT2D eigenvalue weighted by Crippen LogP contribution is -2.47. The van der Waals surface area contributed by atoms with Crippen molar-refractivity contribution in [1.29, 1.82) is 0 Å². The highest BCUT2D eigenvalue weighted by atomic mass is 32.1. The Labute approximate surface area is 190 Å². The maximum atomic E-state index is 12.5. The first-order valence-electron chi connectivity index (χ1n) is 9.86. The smallest absolute Gasteiger partial charge is 0.340 e. The lowest BCUT2D eigenvalue weighted by Gasteiger charge is -2.39. The molecular formula is C21H35NO5S2Si. The molecule has 0 bridgehead atoms. The topological polar surface area (TPSA) is 73.9 Å². The number of nitrogens with one attached hydrogen (secondary N) is 1. The number of ether oxygens (including phenoxy) is 2. The average Bonchev–Trinajstić information content (AvgIpc) is 2.90. The fourth-order valence-electron chi connectivity index (χ4n) is 2.32. The number of rotatable bonds is 7. The van der Waals surface area contributed by atoms with E-state index in [-0.39, 0.29) is 17.4 Å². The van der Waals surface area contributed by atoms with Crippen molar-refractivity contribution < 1.29 is 23.5 Å². The predicted molar refractivity (Wildman–Crippen MR) is 129 cm³/mol. The maximum Gasteiger partial charge on any atom is 0.340 e. The van der Waals surface area contributed by atoms with E-state index in [1.807, 2.05) is 27.7 Å². The molecule has 0 spiro atoms. The van der Waals surface area contributed by atoms with Gasteiger partial charge in [-0.1, -0.05) is 33.0 Å². The van der Waals surface area contributed by atoms with Crippen LogP contribution in [0.4, 0.5) is 5.00 Å². The minimum atomic E-state index is -2.23. The minimum Gasteiger partial charge on any atom is -0.465 e. The monoisotopic (exact) mass is 473 g/mol. The Hall–Kier alpha value is -1.29. The Bertz CT molecular complexity index is 790. The van der Waals surface area contributed by atoms with Crippen LogP contribution in [-0.4, -0.2) is 44.1 Å². The summed E-state index contributed by atoms with van der Waals surface area (Å²) < 4.78 is 16.8. The molecule has 0 saturated heterocycles. The molecule has 1 N–H and O–H groups in total. The fourth-order valence-corrected chi connectivity index (χ4v) is 4.88. The Morgan fingerprint density at radius 2 is 1.77 bits per heavy atom. The van der Waals surface area contributed by atoms with Crippen LogP contribution in [0.5, 0.6) is 0 Å². The maximum absolute atomic E-state index is 12.5. The van der Waals surface area contributed by atoms with E-state index in [1.165, 1.54) is 18.4 Å². The van der Waals surface area contributed by atoms with Gasteiger partial charge in [-0.2, -0.15) is 0 Å². The second kappa shape index (κ2) is 9.89. The van der Waals surface area contributed by atoms with Crippen LogP contribution >= 0.6 is 23.6 Å². The van der Waals surface area contributed by atoms with Crippen LogP contribution in [0.1, 0.15) is 63.2 Å². The largest absolute Gasteiger partial charge is 0.465 e. The van der Waals surface area contributed by atoms with Crippen molar-refractivity contribution in [2.45, 2.75) is 84.7 Å². The molecule has 30 heavy (non-hydrogen) atoms. The van der Waals surface area contributed by atoms with E-state index in [9.17, 15) is 9.59 Å². The van der Waals surface area contributed by atoms with Crippen LogP contribution in [0.15, 0.2) is 6.07 Å². The van der Waals surface area contributed by atoms with Gasteiger partial charge < -0.3 is 19.2 Å². The molecule has 1 aromatic rings. The number of methoxy groups -OCH3 is 1. The highest BCUT2D eigenvalue weighted by Gasteiger charge is 2.41. The van der Waals surface area contributed by atoms with Gasteiger partial charge in [-0.05, 0) is 51.9 Å². The molecule has 0 aromatic carbocycles. The molecule has 0 fully saturated rings. The average molecular weight is 474 g/mol. The summed E-state index contributed by atoms with van der Waals surface area (Å²) in [6, 6.07) is 1.75. The molecule has 0 aliphatic carbocycles. The van der Waals surface area contributed by atoms with Gasteiger partial charge in [0.05, 0.1) is 19.1 Å². The van der Waals surface area contributed by atoms with Crippen LogP contribution in [0, 0.1) is 6.92 Å². The summed E-state index contributed by atoms with van der Waals surface area (Å²) in [5, 5.41) is 3.64. The zero-order valence-electron chi connectivity index (χ0n) is 19.7. The van der Waals surface area contributed by atoms with Gasteiger partial charge in [0.25, 0.3) is 0 Å². The SMILES string of the molecule is COC(=O)c1cc(C)sc1NC(=S)[C@H](CC(=O)OC(C)(C)C)O[Si](C)(C)C(C)(C)C. The number of thiocarbonyl (C=S) groups is 1. The van der Waals surface area contributed by atoms with Crippen LogP contribution in [0.2, 0.25) is 18.1 Å². The number of carbonyl (C=O) groups excluding carboxylic acids is 2. The second-order valence-electron chi connectivity index (χ2n) is 9.74. The summed E-state index contributed by atoms with van der Waals surface area (Å²) in [6.07, 6.45) is -0.670.